The highest BCUT2D eigenvalue weighted by molar-refractivity contribution is 6.33. The summed E-state index contributed by atoms with van der Waals surface area (Å²) in [4.78, 5) is 7.53. The highest BCUT2D eigenvalue weighted by Gasteiger charge is 2.33. The van der Waals surface area contributed by atoms with Crippen molar-refractivity contribution in [3.05, 3.63) is 88.5 Å². The van der Waals surface area contributed by atoms with Gasteiger partial charge in [-0.3, -0.25) is 9.88 Å². The van der Waals surface area contributed by atoms with Gasteiger partial charge in [-0.05, 0) is 42.8 Å². The minimum absolute atomic E-state index is 0.128. The number of benzene rings is 2. The summed E-state index contributed by atoms with van der Waals surface area (Å²) in [6.45, 7) is 3.44. The predicted octanol–water partition coefficient (Wildman–Crippen LogP) is 5.25. The molecule has 2 heterocycles. The van der Waals surface area contributed by atoms with Crippen molar-refractivity contribution in [3.63, 3.8) is 0 Å². The molecule has 1 aromatic heterocycles. The predicted molar refractivity (Wildman–Crippen MR) is 136 cm³/mol. The minimum Gasteiger partial charge on any atom is -0.491 e. The number of rotatable bonds is 8. The van der Waals surface area contributed by atoms with Gasteiger partial charge in [0.25, 0.3) is 0 Å². The molecule has 1 aliphatic rings. The Balaban J connectivity index is 1.52. The topological polar surface area (TPSA) is 69.1 Å². The molecule has 0 saturated carbocycles. The zero-order valence-electron chi connectivity index (χ0n) is 20.6. The van der Waals surface area contributed by atoms with Gasteiger partial charge in [-0.2, -0.15) is 13.2 Å². The Morgan fingerprint density at radius 1 is 1.08 bits per heavy atom. The zero-order valence-corrected chi connectivity index (χ0v) is 21.3. The monoisotopic (exact) mass is 553 g/mol. The van der Waals surface area contributed by atoms with Gasteiger partial charge in [0.15, 0.2) is 0 Å². The molecule has 0 spiro atoms. The smallest absolute Gasteiger partial charge is 0.433 e. The molecule has 1 fully saturated rings. The summed E-state index contributed by atoms with van der Waals surface area (Å²) in [6.07, 6.45) is -5.18. The Labute approximate surface area is 223 Å². The van der Waals surface area contributed by atoms with Crippen molar-refractivity contribution < 1.29 is 32.5 Å². The van der Waals surface area contributed by atoms with E-state index in [0.29, 0.717) is 30.4 Å². The molecule has 2 aromatic carbocycles. The first-order chi connectivity index (χ1) is 18.0. The van der Waals surface area contributed by atoms with Crippen molar-refractivity contribution in [1.29, 1.82) is 0 Å². The standard InChI is InChI=1S/C27H28ClF4N3O3/c1-17(36)16-38-21-7-8-23(22(28)12-21)35-11-10-34(14-24(35)18-2-5-20(29)6-3-18)15-25(37)19-4-9-26(33-13-19)27(30,31)32/h2-9,12-13,17,24-25,36-37H,10-11,14-16H2,1H3/t17-,24-,25+/m0/s1. The molecule has 1 aliphatic heterocycles. The maximum atomic E-state index is 13.7. The first-order valence-corrected chi connectivity index (χ1v) is 12.4. The Morgan fingerprint density at radius 3 is 2.42 bits per heavy atom. The van der Waals surface area contributed by atoms with Crippen molar-refractivity contribution in [2.24, 2.45) is 0 Å². The molecule has 3 aromatic rings. The number of hydrogen-bond donors (Lipinski definition) is 2. The van der Waals surface area contributed by atoms with Crippen LogP contribution in [0.15, 0.2) is 60.8 Å². The van der Waals surface area contributed by atoms with Gasteiger partial charge in [0.05, 0.1) is 29.0 Å². The third kappa shape index (κ3) is 6.93. The van der Waals surface area contributed by atoms with Gasteiger partial charge in [0.2, 0.25) is 0 Å². The van der Waals surface area contributed by atoms with E-state index >= 15 is 0 Å². The number of pyridine rings is 1. The van der Waals surface area contributed by atoms with E-state index in [4.69, 9.17) is 16.3 Å². The first kappa shape index (κ1) is 28.1. The summed E-state index contributed by atoms with van der Waals surface area (Å²) >= 11 is 6.62. The summed E-state index contributed by atoms with van der Waals surface area (Å²) in [7, 11) is 0. The number of nitrogens with zero attached hydrogens (tertiary/aromatic N) is 3. The lowest BCUT2D eigenvalue weighted by Crippen LogP contribution is -2.49. The number of β-amino-alcohol motifs (C(OH)–C–C–N with tert-alkyl or cyclic N) is 1. The molecule has 0 amide bonds. The van der Waals surface area contributed by atoms with Crippen LogP contribution in [0.1, 0.15) is 35.9 Å². The third-order valence-corrected chi connectivity index (χ3v) is 6.63. The van der Waals surface area contributed by atoms with Gasteiger partial charge in [-0.15, -0.1) is 0 Å². The van der Waals surface area contributed by atoms with Crippen LogP contribution in [0.25, 0.3) is 0 Å². The van der Waals surface area contributed by atoms with Crippen LogP contribution in [-0.4, -0.2) is 59.0 Å². The van der Waals surface area contributed by atoms with E-state index in [1.165, 1.54) is 18.2 Å². The van der Waals surface area contributed by atoms with E-state index < -0.39 is 24.1 Å². The lowest BCUT2D eigenvalue weighted by atomic mass is 10.00. The molecule has 2 N–H and O–H groups in total. The molecule has 0 aliphatic carbocycles. The molecule has 204 valence electrons. The fraction of sp³-hybridized carbons (Fsp3) is 0.370. The SMILES string of the molecule is C[C@H](O)COc1ccc(N2CCN(C[C@@H](O)c3ccc(C(F)(F)F)nc3)C[C@H]2c2ccc(F)cc2)c(Cl)c1. The molecule has 3 atom stereocenters. The number of aromatic nitrogens is 1. The molecule has 0 unspecified atom stereocenters. The average Bonchev–Trinajstić information content (AvgIpc) is 2.88. The number of hydrogen-bond acceptors (Lipinski definition) is 6. The highest BCUT2D eigenvalue weighted by Crippen LogP contribution is 2.37. The van der Waals surface area contributed by atoms with Crippen LogP contribution >= 0.6 is 11.6 Å². The molecular formula is C27H28ClF4N3O3. The average molecular weight is 554 g/mol. The van der Waals surface area contributed by atoms with E-state index in [1.54, 1.807) is 31.2 Å². The van der Waals surface area contributed by atoms with Crippen molar-refractivity contribution in [3.8, 4) is 5.75 Å². The second-order valence-electron chi connectivity index (χ2n) is 9.28. The number of aliphatic hydroxyl groups excluding tert-OH is 2. The van der Waals surface area contributed by atoms with Crippen molar-refractivity contribution >= 4 is 17.3 Å². The fourth-order valence-electron chi connectivity index (χ4n) is 4.41. The lowest BCUT2D eigenvalue weighted by molar-refractivity contribution is -0.141. The van der Waals surface area contributed by atoms with Gasteiger partial charge in [-0.1, -0.05) is 29.8 Å². The molecule has 0 radical (unpaired) electrons. The molecule has 11 heteroatoms. The Morgan fingerprint density at radius 2 is 1.82 bits per heavy atom. The Hall–Kier alpha value is -2.92. The van der Waals surface area contributed by atoms with E-state index in [1.807, 2.05) is 11.0 Å². The summed E-state index contributed by atoms with van der Waals surface area (Å²) in [5.41, 5.74) is 0.858. The summed E-state index contributed by atoms with van der Waals surface area (Å²) in [6, 6.07) is 13.3. The summed E-state index contributed by atoms with van der Waals surface area (Å²) in [5, 5.41) is 20.6. The molecule has 6 nitrogen and oxygen atoms in total. The van der Waals surface area contributed by atoms with Crippen molar-refractivity contribution in [2.45, 2.75) is 31.3 Å². The Kier molecular flexibility index (Phi) is 8.77. The minimum atomic E-state index is -4.55. The van der Waals surface area contributed by atoms with Gasteiger partial charge >= 0.3 is 6.18 Å². The van der Waals surface area contributed by atoms with Crippen LogP contribution in [0.3, 0.4) is 0 Å². The summed E-state index contributed by atoms with van der Waals surface area (Å²) in [5.74, 6) is 0.153. The molecule has 0 bridgehead atoms. The van der Waals surface area contributed by atoms with Gasteiger partial charge in [0.1, 0.15) is 23.9 Å². The van der Waals surface area contributed by atoms with Crippen LogP contribution in [-0.2, 0) is 6.18 Å². The molecular weight excluding hydrogens is 526 g/mol. The highest BCUT2D eigenvalue weighted by atomic mass is 35.5. The molecule has 38 heavy (non-hydrogen) atoms. The lowest BCUT2D eigenvalue weighted by Gasteiger charge is -2.44. The number of ether oxygens (including phenoxy) is 1. The normalized spacial score (nSPS) is 18.3. The number of aliphatic hydroxyl groups is 2. The van der Waals surface area contributed by atoms with Crippen LogP contribution in [0, 0.1) is 5.82 Å². The maximum Gasteiger partial charge on any atom is 0.433 e. The first-order valence-electron chi connectivity index (χ1n) is 12.1. The van der Waals surface area contributed by atoms with E-state index in [-0.39, 0.29) is 30.6 Å². The molecule has 4 rings (SSSR count). The second kappa shape index (κ2) is 11.9. The quantitative estimate of drug-likeness (QED) is 0.371. The number of anilines is 1. The second-order valence-corrected chi connectivity index (χ2v) is 9.69. The number of piperazine rings is 1. The van der Waals surface area contributed by atoms with Crippen molar-refractivity contribution in [1.82, 2.24) is 9.88 Å². The third-order valence-electron chi connectivity index (χ3n) is 6.33. The number of alkyl halides is 3. The Bertz CT molecular complexity index is 1210. The summed E-state index contributed by atoms with van der Waals surface area (Å²) < 4.78 is 57.7. The van der Waals surface area contributed by atoms with Crippen LogP contribution < -0.4 is 9.64 Å². The maximum absolute atomic E-state index is 13.7. The largest absolute Gasteiger partial charge is 0.491 e. The van der Waals surface area contributed by atoms with E-state index in [0.717, 1.165) is 23.5 Å². The van der Waals surface area contributed by atoms with Crippen LogP contribution in [0.4, 0.5) is 23.2 Å². The number of halogens is 5. The molecule has 1 saturated heterocycles. The van der Waals surface area contributed by atoms with E-state index in [9.17, 15) is 27.8 Å². The van der Waals surface area contributed by atoms with E-state index in [2.05, 4.69) is 9.88 Å². The van der Waals surface area contributed by atoms with Gasteiger partial charge in [-0.25, -0.2) is 4.39 Å². The fourth-order valence-corrected chi connectivity index (χ4v) is 4.69. The van der Waals surface area contributed by atoms with Gasteiger partial charge in [0, 0.05) is 44.0 Å². The van der Waals surface area contributed by atoms with Gasteiger partial charge < -0.3 is 19.8 Å². The zero-order chi connectivity index (χ0) is 27.4. The van der Waals surface area contributed by atoms with Crippen LogP contribution in [0.2, 0.25) is 5.02 Å². The van der Waals surface area contributed by atoms with Crippen molar-refractivity contribution in [2.75, 3.05) is 37.7 Å². The van der Waals surface area contributed by atoms with Crippen LogP contribution in [0.5, 0.6) is 5.75 Å².